The molecule has 2 aliphatic carbocycles. The lowest BCUT2D eigenvalue weighted by Gasteiger charge is -2.51. The van der Waals surface area contributed by atoms with E-state index in [1.165, 1.54) is 0 Å². The zero-order valence-electron chi connectivity index (χ0n) is 25.0. The van der Waals surface area contributed by atoms with Gasteiger partial charge in [0.15, 0.2) is 11.6 Å². The molecule has 2 atom stereocenters. The van der Waals surface area contributed by atoms with Gasteiger partial charge >= 0.3 is 0 Å². The molecule has 1 spiro atoms. The molecule has 0 fully saturated rings. The molecule has 0 saturated carbocycles. The minimum absolute atomic E-state index is 0.142. The summed E-state index contributed by atoms with van der Waals surface area (Å²) in [5.74, 6) is 1.92. The van der Waals surface area contributed by atoms with Crippen LogP contribution in [-0.4, -0.2) is 31.6 Å². The van der Waals surface area contributed by atoms with Crippen LogP contribution in [0.3, 0.4) is 0 Å². The summed E-state index contributed by atoms with van der Waals surface area (Å²) in [6.07, 6.45) is 3.28. The molecule has 0 bridgehead atoms. The van der Waals surface area contributed by atoms with Crippen molar-refractivity contribution < 1.29 is 28.5 Å². The van der Waals surface area contributed by atoms with Gasteiger partial charge in [0.05, 0.1) is 14.2 Å². The number of hydrogen-bond acceptors (Lipinski definition) is 6. The Balaban J connectivity index is 1.48. The van der Waals surface area contributed by atoms with Crippen molar-refractivity contribution in [2.45, 2.75) is 83.8 Å². The minimum Gasteiger partial charge on any atom is -0.497 e. The highest BCUT2D eigenvalue weighted by atomic mass is 16.7. The van der Waals surface area contributed by atoms with Crippen molar-refractivity contribution in [1.29, 1.82) is 0 Å². The van der Waals surface area contributed by atoms with E-state index in [0.29, 0.717) is 38.5 Å². The molecule has 41 heavy (non-hydrogen) atoms. The summed E-state index contributed by atoms with van der Waals surface area (Å²) in [6, 6.07) is 16.0. The van der Waals surface area contributed by atoms with Crippen molar-refractivity contribution in [2.75, 3.05) is 14.2 Å². The van der Waals surface area contributed by atoms with Crippen LogP contribution in [0.5, 0.6) is 11.5 Å². The van der Waals surface area contributed by atoms with Crippen LogP contribution in [0.25, 0.3) is 0 Å². The molecule has 2 aromatic rings. The molecule has 2 heterocycles. The van der Waals surface area contributed by atoms with E-state index in [4.69, 9.17) is 18.9 Å². The molecule has 0 amide bonds. The summed E-state index contributed by atoms with van der Waals surface area (Å²) in [5, 5.41) is 0. The normalized spacial score (nSPS) is 28.4. The summed E-state index contributed by atoms with van der Waals surface area (Å²) in [4.78, 5) is 27.3. The number of carbonyl (C=O) groups is 2. The number of carbonyl (C=O) groups excluding carboxylic acids is 2. The first-order chi connectivity index (χ1) is 19.4. The van der Waals surface area contributed by atoms with E-state index >= 15 is 0 Å². The zero-order chi connectivity index (χ0) is 29.2. The van der Waals surface area contributed by atoms with E-state index < -0.39 is 5.79 Å². The molecule has 216 valence electrons. The molecule has 2 aromatic carbocycles. The third-order valence-corrected chi connectivity index (χ3v) is 9.14. The standard InChI is InChI=1S/C35H40O6/c1-33(2)17-27(36)31-25(21-7-11-23(38-5)12-8-21)15-35(40-29(31)19-33)16-26(22-9-13-24(39-6)14-10-22)32-28(37)18-34(3,4)20-30(32)41-35/h7-14,25-26H,15-20H2,1-6H3. The molecule has 6 nitrogen and oxygen atoms in total. The lowest BCUT2D eigenvalue weighted by atomic mass is 9.66. The minimum atomic E-state index is -1.01. The summed E-state index contributed by atoms with van der Waals surface area (Å²) in [6.45, 7) is 8.47. The van der Waals surface area contributed by atoms with Crippen molar-refractivity contribution in [1.82, 2.24) is 0 Å². The van der Waals surface area contributed by atoms with Crippen LogP contribution >= 0.6 is 0 Å². The van der Waals surface area contributed by atoms with Crippen molar-refractivity contribution in [2.24, 2.45) is 10.8 Å². The van der Waals surface area contributed by atoms with Crippen LogP contribution < -0.4 is 9.47 Å². The van der Waals surface area contributed by atoms with Gasteiger partial charge in [-0.2, -0.15) is 0 Å². The van der Waals surface area contributed by atoms with E-state index in [9.17, 15) is 9.59 Å². The van der Waals surface area contributed by atoms with Crippen molar-refractivity contribution in [3.63, 3.8) is 0 Å². The Bertz CT molecular complexity index is 1330. The molecule has 0 N–H and O–H groups in total. The maximum atomic E-state index is 13.7. The van der Waals surface area contributed by atoms with Gasteiger partial charge in [-0.1, -0.05) is 52.0 Å². The second-order valence-electron chi connectivity index (χ2n) is 13.7. The lowest BCUT2D eigenvalue weighted by molar-refractivity contribution is -0.228. The number of ether oxygens (including phenoxy) is 4. The van der Waals surface area contributed by atoms with Crippen molar-refractivity contribution in [3.05, 3.63) is 82.3 Å². The van der Waals surface area contributed by atoms with Crippen LogP contribution in [0.2, 0.25) is 0 Å². The van der Waals surface area contributed by atoms with E-state index in [2.05, 4.69) is 27.7 Å². The number of allylic oxidation sites excluding steroid dienone is 4. The third-order valence-electron chi connectivity index (χ3n) is 9.14. The number of rotatable bonds is 4. The first-order valence-electron chi connectivity index (χ1n) is 14.6. The molecule has 0 aromatic heterocycles. The van der Waals surface area contributed by atoms with E-state index in [1.54, 1.807) is 14.2 Å². The van der Waals surface area contributed by atoms with E-state index in [0.717, 1.165) is 45.3 Å². The summed E-state index contributed by atoms with van der Waals surface area (Å²) < 4.78 is 24.7. The predicted molar refractivity (Wildman–Crippen MR) is 156 cm³/mol. The van der Waals surface area contributed by atoms with Gasteiger partial charge in [0.2, 0.25) is 0 Å². The average Bonchev–Trinajstić information content (AvgIpc) is 2.90. The number of benzene rings is 2. The molecule has 6 heteroatoms. The van der Waals surface area contributed by atoms with Gasteiger partial charge in [-0.25, -0.2) is 0 Å². The molecule has 4 aliphatic rings. The summed E-state index contributed by atoms with van der Waals surface area (Å²) in [5.41, 5.74) is 3.19. The van der Waals surface area contributed by atoms with Gasteiger partial charge in [0.25, 0.3) is 5.79 Å². The van der Waals surface area contributed by atoms with Crippen molar-refractivity contribution >= 4 is 11.6 Å². The van der Waals surface area contributed by atoms with E-state index in [-0.39, 0.29) is 34.2 Å². The smallest absolute Gasteiger partial charge is 0.252 e. The third kappa shape index (κ3) is 5.06. The largest absolute Gasteiger partial charge is 0.497 e. The Hall–Kier alpha value is -3.54. The summed E-state index contributed by atoms with van der Waals surface area (Å²) in [7, 11) is 3.30. The lowest BCUT2D eigenvalue weighted by Crippen LogP contribution is -2.49. The Kier molecular flexibility index (Phi) is 6.59. The van der Waals surface area contributed by atoms with Gasteiger partial charge in [-0.15, -0.1) is 0 Å². The Morgan fingerprint density at radius 2 is 0.976 bits per heavy atom. The van der Waals surface area contributed by atoms with Gasteiger partial charge in [-0.3, -0.25) is 9.59 Å². The first-order valence-corrected chi connectivity index (χ1v) is 14.6. The van der Waals surface area contributed by atoms with Gasteiger partial charge in [0, 0.05) is 61.5 Å². The Morgan fingerprint density at radius 1 is 0.610 bits per heavy atom. The van der Waals surface area contributed by atoms with Gasteiger partial charge in [0.1, 0.15) is 23.0 Å². The zero-order valence-corrected chi connectivity index (χ0v) is 25.0. The van der Waals surface area contributed by atoms with Crippen LogP contribution in [0.1, 0.15) is 89.2 Å². The fraction of sp³-hybridized carbons (Fsp3) is 0.486. The molecule has 2 unspecified atom stereocenters. The maximum Gasteiger partial charge on any atom is 0.252 e. The van der Waals surface area contributed by atoms with E-state index in [1.807, 2.05) is 48.5 Å². The number of methoxy groups -OCH3 is 2. The predicted octanol–water partition coefficient (Wildman–Crippen LogP) is 7.39. The second-order valence-corrected chi connectivity index (χ2v) is 13.7. The quantitative estimate of drug-likeness (QED) is 0.391. The van der Waals surface area contributed by atoms with Crippen LogP contribution in [0.4, 0.5) is 0 Å². The molecular weight excluding hydrogens is 516 g/mol. The molecular formula is C35H40O6. The first kappa shape index (κ1) is 27.6. The topological polar surface area (TPSA) is 71.1 Å². The number of hydrogen-bond donors (Lipinski definition) is 0. The maximum absolute atomic E-state index is 13.7. The van der Waals surface area contributed by atoms with Crippen molar-refractivity contribution in [3.8, 4) is 11.5 Å². The second kappa shape index (κ2) is 9.78. The summed E-state index contributed by atoms with van der Waals surface area (Å²) >= 11 is 0. The Labute approximate surface area is 242 Å². The molecule has 0 radical (unpaired) electrons. The average molecular weight is 557 g/mol. The highest BCUT2D eigenvalue weighted by Crippen LogP contribution is 2.57. The fourth-order valence-corrected chi connectivity index (χ4v) is 7.30. The highest BCUT2D eigenvalue weighted by molar-refractivity contribution is 6.00. The van der Waals surface area contributed by atoms with Crippen LogP contribution in [-0.2, 0) is 19.1 Å². The molecule has 6 rings (SSSR count). The fourth-order valence-electron chi connectivity index (χ4n) is 7.30. The number of ketones is 2. The van der Waals surface area contributed by atoms with Gasteiger partial charge in [-0.05, 0) is 46.2 Å². The monoisotopic (exact) mass is 556 g/mol. The SMILES string of the molecule is COc1ccc(C2CC3(CC(c4ccc(OC)cc4)C4=C(CC(C)(C)CC4=O)O3)OC3=C2C(=O)CC(C)(C)C3)cc1. The number of Topliss-reactive ketones (excluding diaryl/α,β-unsaturated/α-hetero) is 2. The Morgan fingerprint density at radius 3 is 1.32 bits per heavy atom. The molecule has 2 aliphatic heterocycles. The van der Waals surface area contributed by atoms with Gasteiger partial charge < -0.3 is 18.9 Å². The van der Waals surface area contributed by atoms with Crippen LogP contribution in [0.15, 0.2) is 71.2 Å². The molecule has 0 saturated heterocycles. The highest BCUT2D eigenvalue weighted by Gasteiger charge is 2.55. The van der Waals surface area contributed by atoms with Crippen LogP contribution in [0, 0.1) is 10.8 Å².